The number of carbonyl (C=O) groups is 2. The SMILES string of the molecule is CC(=O)c1ccc(S(=O)(=O)Nc2ccc(C(=O)N(Cc3ccco3)Cc3ccco3)cc2)cc1. The van der Waals surface area contributed by atoms with E-state index in [1.165, 1.54) is 43.3 Å². The summed E-state index contributed by atoms with van der Waals surface area (Å²) in [5.41, 5.74) is 1.11. The summed E-state index contributed by atoms with van der Waals surface area (Å²) in [6.45, 7) is 1.91. The Kier molecular flexibility index (Phi) is 6.65. The first kappa shape index (κ1) is 23.1. The molecule has 34 heavy (non-hydrogen) atoms. The molecule has 0 fully saturated rings. The first-order valence-electron chi connectivity index (χ1n) is 10.4. The van der Waals surface area contributed by atoms with Crippen LogP contribution in [0.2, 0.25) is 0 Å². The number of anilines is 1. The third kappa shape index (κ3) is 5.44. The first-order chi connectivity index (χ1) is 16.3. The maximum absolute atomic E-state index is 13.2. The van der Waals surface area contributed by atoms with Crippen LogP contribution in [0.5, 0.6) is 0 Å². The second kappa shape index (κ2) is 9.80. The number of rotatable bonds is 9. The Morgan fingerprint density at radius 1 is 0.794 bits per heavy atom. The van der Waals surface area contributed by atoms with Gasteiger partial charge < -0.3 is 13.7 Å². The third-order valence-corrected chi connectivity index (χ3v) is 6.49. The van der Waals surface area contributed by atoms with E-state index in [1.807, 2.05) is 0 Å². The van der Waals surface area contributed by atoms with E-state index in [4.69, 9.17) is 8.83 Å². The number of hydrogen-bond acceptors (Lipinski definition) is 6. The van der Waals surface area contributed by atoms with E-state index in [9.17, 15) is 18.0 Å². The summed E-state index contributed by atoms with van der Waals surface area (Å²) < 4.78 is 38.6. The average molecular weight is 479 g/mol. The molecule has 2 heterocycles. The van der Waals surface area contributed by atoms with Crippen molar-refractivity contribution in [2.45, 2.75) is 24.9 Å². The maximum Gasteiger partial charge on any atom is 0.261 e. The summed E-state index contributed by atoms with van der Waals surface area (Å²) in [7, 11) is -3.86. The lowest BCUT2D eigenvalue weighted by molar-refractivity contribution is 0.0704. The van der Waals surface area contributed by atoms with Gasteiger partial charge in [0.25, 0.3) is 15.9 Å². The molecule has 1 amide bonds. The van der Waals surface area contributed by atoms with Gasteiger partial charge in [-0.25, -0.2) is 8.42 Å². The van der Waals surface area contributed by atoms with Crippen LogP contribution in [-0.2, 0) is 23.1 Å². The molecule has 0 saturated heterocycles. The van der Waals surface area contributed by atoms with Crippen LogP contribution in [0.4, 0.5) is 5.69 Å². The van der Waals surface area contributed by atoms with Gasteiger partial charge in [-0.2, -0.15) is 0 Å². The zero-order valence-corrected chi connectivity index (χ0v) is 19.1. The van der Waals surface area contributed by atoms with Crippen molar-refractivity contribution in [2.75, 3.05) is 4.72 Å². The fourth-order valence-electron chi connectivity index (χ4n) is 3.33. The van der Waals surface area contributed by atoms with E-state index in [0.29, 0.717) is 28.3 Å². The van der Waals surface area contributed by atoms with Gasteiger partial charge in [-0.3, -0.25) is 14.3 Å². The molecule has 8 nitrogen and oxygen atoms in total. The molecule has 2 aromatic carbocycles. The van der Waals surface area contributed by atoms with Crippen molar-refractivity contribution in [1.29, 1.82) is 0 Å². The molecular weight excluding hydrogens is 456 g/mol. The Morgan fingerprint density at radius 3 is 1.79 bits per heavy atom. The number of nitrogens with one attached hydrogen (secondary N) is 1. The van der Waals surface area contributed by atoms with Crippen molar-refractivity contribution >= 4 is 27.4 Å². The van der Waals surface area contributed by atoms with Gasteiger partial charge in [0.1, 0.15) is 11.5 Å². The highest BCUT2D eigenvalue weighted by Crippen LogP contribution is 2.20. The lowest BCUT2D eigenvalue weighted by atomic mass is 10.1. The molecule has 0 aliphatic rings. The van der Waals surface area contributed by atoms with Crippen molar-refractivity contribution < 1.29 is 26.8 Å². The van der Waals surface area contributed by atoms with Crippen molar-refractivity contribution in [3.8, 4) is 0 Å². The molecule has 4 aromatic rings. The van der Waals surface area contributed by atoms with Crippen molar-refractivity contribution in [3.05, 3.63) is 108 Å². The van der Waals surface area contributed by atoms with Gasteiger partial charge in [0, 0.05) is 16.8 Å². The minimum atomic E-state index is -3.86. The van der Waals surface area contributed by atoms with Gasteiger partial charge in [0.15, 0.2) is 5.78 Å². The van der Waals surface area contributed by atoms with E-state index in [0.717, 1.165) is 0 Å². The molecule has 0 unspecified atom stereocenters. The molecule has 0 saturated carbocycles. The number of furan rings is 2. The summed E-state index contributed by atoms with van der Waals surface area (Å²) in [5.74, 6) is 0.840. The van der Waals surface area contributed by atoms with Crippen LogP contribution in [-0.4, -0.2) is 25.0 Å². The van der Waals surface area contributed by atoms with Crippen molar-refractivity contribution in [3.63, 3.8) is 0 Å². The van der Waals surface area contributed by atoms with E-state index >= 15 is 0 Å². The fraction of sp³-hybridized carbons (Fsp3) is 0.120. The monoisotopic (exact) mass is 478 g/mol. The molecule has 0 aliphatic carbocycles. The molecule has 0 spiro atoms. The molecule has 0 radical (unpaired) electrons. The molecule has 9 heteroatoms. The van der Waals surface area contributed by atoms with Crippen molar-refractivity contribution in [2.24, 2.45) is 0 Å². The van der Waals surface area contributed by atoms with Gasteiger partial charge in [-0.05, 0) is 67.6 Å². The summed E-state index contributed by atoms with van der Waals surface area (Å²) in [5, 5.41) is 0. The minimum absolute atomic E-state index is 0.0284. The smallest absolute Gasteiger partial charge is 0.261 e. The quantitative estimate of drug-likeness (QED) is 0.349. The number of sulfonamides is 1. The van der Waals surface area contributed by atoms with Crippen LogP contribution in [0.25, 0.3) is 0 Å². The number of hydrogen-bond donors (Lipinski definition) is 1. The Bertz CT molecular complexity index is 1320. The van der Waals surface area contributed by atoms with Gasteiger partial charge in [-0.15, -0.1) is 0 Å². The predicted octanol–water partition coefficient (Wildman–Crippen LogP) is 4.72. The second-order valence-electron chi connectivity index (χ2n) is 7.58. The number of carbonyl (C=O) groups excluding carboxylic acids is 2. The number of Topliss-reactive ketones (excluding diaryl/α,β-unsaturated/α-hetero) is 1. The Labute approximate surface area is 196 Å². The standard InChI is InChI=1S/C25H22N2O6S/c1-18(28)19-8-12-24(13-9-19)34(30,31)26-21-10-6-20(7-11-21)25(29)27(16-22-4-2-14-32-22)17-23-5-3-15-33-23/h2-15,26H,16-17H2,1H3. The molecule has 4 rings (SSSR count). The van der Waals surface area contributed by atoms with Gasteiger partial charge >= 0.3 is 0 Å². The highest BCUT2D eigenvalue weighted by atomic mass is 32.2. The number of nitrogens with zero attached hydrogens (tertiary/aromatic N) is 1. The zero-order valence-electron chi connectivity index (χ0n) is 18.3. The Balaban J connectivity index is 1.49. The predicted molar refractivity (Wildman–Crippen MR) is 125 cm³/mol. The zero-order chi connectivity index (χ0) is 24.1. The molecule has 2 aromatic heterocycles. The third-order valence-electron chi connectivity index (χ3n) is 5.10. The van der Waals surface area contributed by atoms with E-state index in [2.05, 4.69) is 4.72 Å². The summed E-state index contributed by atoms with van der Waals surface area (Å²) >= 11 is 0. The minimum Gasteiger partial charge on any atom is -0.467 e. The lowest BCUT2D eigenvalue weighted by Gasteiger charge is -2.21. The fourth-order valence-corrected chi connectivity index (χ4v) is 4.39. The summed E-state index contributed by atoms with van der Waals surface area (Å²) in [4.78, 5) is 26.2. The highest BCUT2D eigenvalue weighted by molar-refractivity contribution is 7.92. The molecule has 1 N–H and O–H groups in total. The van der Waals surface area contributed by atoms with Crippen LogP contribution in [0.1, 0.15) is 39.2 Å². The second-order valence-corrected chi connectivity index (χ2v) is 9.27. The molecule has 0 atom stereocenters. The van der Waals surface area contributed by atoms with Crippen LogP contribution in [0.3, 0.4) is 0 Å². The Morgan fingerprint density at radius 2 is 1.32 bits per heavy atom. The summed E-state index contributed by atoms with van der Waals surface area (Å²) in [6, 6.07) is 18.9. The van der Waals surface area contributed by atoms with E-state index in [1.54, 1.807) is 53.8 Å². The lowest BCUT2D eigenvalue weighted by Crippen LogP contribution is -2.29. The Hall–Kier alpha value is -4.11. The van der Waals surface area contributed by atoms with Crippen LogP contribution in [0, 0.1) is 0 Å². The molecular formula is C25H22N2O6S. The van der Waals surface area contributed by atoms with Gasteiger partial charge in [0.05, 0.1) is 30.5 Å². The number of benzene rings is 2. The normalized spacial score (nSPS) is 11.2. The molecule has 0 aliphatic heterocycles. The first-order valence-corrected chi connectivity index (χ1v) is 11.9. The van der Waals surface area contributed by atoms with E-state index < -0.39 is 10.0 Å². The topological polar surface area (TPSA) is 110 Å². The van der Waals surface area contributed by atoms with Crippen molar-refractivity contribution in [1.82, 2.24) is 4.90 Å². The highest BCUT2D eigenvalue weighted by Gasteiger charge is 2.20. The maximum atomic E-state index is 13.2. The average Bonchev–Trinajstić information content (AvgIpc) is 3.53. The number of ketones is 1. The van der Waals surface area contributed by atoms with Crippen LogP contribution < -0.4 is 4.72 Å². The number of amides is 1. The molecule has 174 valence electrons. The summed E-state index contributed by atoms with van der Waals surface area (Å²) in [6.07, 6.45) is 3.08. The van der Waals surface area contributed by atoms with Crippen LogP contribution >= 0.6 is 0 Å². The largest absolute Gasteiger partial charge is 0.467 e. The van der Waals surface area contributed by atoms with Gasteiger partial charge in [-0.1, -0.05) is 12.1 Å². The van der Waals surface area contributed by atoms with Gasteiger partial charge in [0.2, 0.25) is 0 Å². The van der Waals surface area contributed by atoms with E-state index in [-0.39, 0.29) is 29.7 Å². The molecule has 0 bridgehead atoms. The van der Waals surface area contributed by atoms with Crippen LogP contribution in [0.15, 0.2) is 99.1 Å².